The third kappa shape index (κ3) is 6.38. The Morgan fingerprint density at radius 1 is 1.12 bits per heavy atom. The van der Waals surface area contributed by atoms with Gasteiger partial charge >= 0.3 is 6.01 Å². The van der Waals surface area contributed by atoms with Gasteiger partial charge in [0.05, 0.1) is 12.4 Å². The number of rotatable bonds is 9. The lowest BCUT2D eigenvalue weighted by atomic mass is 10.2. The highest BCUT2D eigenvalue weighted by atomic mass is 32.2. The summed E-state index contributed by atoms with van der Waals surface area (Å²) >= 11 is 0. The zero-order valence-electron chi connectivity index (χ0n) is 18.8. The molecule has 0 amide bonds. The number of benzene rings is 1. The molecule has 1 aromatic carbocycles. The maximum absolute atomic E-state index is 14.2. The third-order valence-corrected chi connectivity index (χ3v) is 6.30. The highest BCUT2D eigenvalue weighted by molar-refractivity contribution is 7.89. The minimum Gasteiger partial charge on any atom is -0.490 e. The predicted octanol–water partition coefficient (Wildman–Crippen LogP) is 3.00. The quantitative estimate of drug-likeness (QED) is 0.550. The molecule has 0 bridgehead atoms. The molecule has 32 heavy (non-hydrogen) atoms. The highest BCUT2D eigenvalue weighted by Gasteiger charge is 2.25. The van der Waals surface area contributed by atoms with Crippen LogP contribution in [0.2, 0.25) is 0 Å². The molecule has 8 nitrogen and oxygen atoms in total. The topological polar surface area (TPSA) is 88.8 Å². The van der Waals surface area contributed by atoms with Crippen LogP contribution >= 0.6 is 0 Å². The molecular weight excluding hydrogens is 442 g/mol. The summed E-state index contributed by atoms with van der Waals surface area (Å²) in [4.78, 5) is 8.80. The van der Waals surface area contributed by atoms with E-state index >= 15 is 0 Å². The van der Waals surface area contributed by atoms with Gasteiger partial charge < -0.3 is 14.2 Å². The van der Waals surface area contributed by atoms with Gasteiger partial charge in [-0.15, -0.1) is 0 Å². The molecule has 0 N–H and O–H groups in total. The first kappa shape index (κ1) is 24.4. The second kappa shape index (κ2) is 10.1. The summed E-state index contributed by atoms with van der Waals surface area (Å²) in [5.41, 5.74) is -0.203. The van der Waals surface area contributed by atoms with Crippen molar-refractivity contribution in [3.8, 4) is 5.75 Å². The highest BCUT2D eigenvalue weighted by Crippen LogP contribution is 2.24. The van der Waals surface area contributed by atoms with Crippen molar-refractivity contribution in [2.75, 3.05) is 43.9 Å². The molecule has 11 heteroatoms. The number of hydrogen-bond acceptors (Lipinski definition) is 8. The van der Waals surface area contributed by atoms with Crippen LogP contribution in [0, 0.1) is 11.6 Å². The number of nitrogens with zero attached hydrogens (tertiary/aromatic N) is 4. The monoisotopic (exact) mass is 472 g/mol. The fourth-order valence-electron chi connectivity index (χ4n) is 3.54. The molecule has 2 aromatic rings. The lowest BCUT2D eigenvalue weighted by molar-refractivity contribution is 0.162. The Bertz CT molecular complexity index is 1020. The largest absolute Gasteiger partial charge is 0.490 e. The van der Waals surface area contributed by atoms with E-state index in [9.17, 15) is 17.2 Å². The zero-order valence-corrected chi connectivity index (χ0v) is 19.7. The van der Waals surface area contributed by atoms with Crippen LogP contribution < -0.4 is 9.64 Å². The first-order valence-electron chi connectivity index (χ1n) is 10.6. The molecule has 178 valence electrons. The van der Waals surface area contributed by atoms with Crippen molar-refractivity contribution >= 4 is 15.9 Å². The summed E-state index contributed by atoms with van der Waals surface area (Å²) in [6, 6.07) is 2.52. The fraction of sp³-hybridized carbons (Fsp3) is 0.619. The number of hydrogen-bond donors (Lipinski definition) is 0. The van der Waals surface area contributed by atoms with Gasteiger partial charge in [0.1, 0.15) is 5.82 Å². The molecule has 0 radical (unpaired) electrons. The van der Waals surface area contributed by atoms with E-state index in [4.69, 9.17) is 9.26 Å². The molecule has 3 rings (SSSR count). The van der Waals surface area contributed by atoms with E-state index in [1.54, 1.807) is 0 Å². The number of aromatic nitrogens is 2. The number of halogens is 2. The first-order valence-corrected chi connectivity index (χ1v) is 12.7. The van der Waals surface area contributed by atoms with Crippen molar-refractivity contribution in [2.45, 2.75) is 44.9 Å². The molecule has 1 aliphatic heterocycles. The first-order chi connectivity index (χ1) is 15.0. The smallest absolute Gasteiger partial charge is 0.324 e. The van der Waals surface area contributed by atoms with Gasteiger partial charge in [-0.3, -0.25) is 4.90 Å². The summed E-state index contributed by atoms with van der Waals surface area (Å²) < 4.78 is 61.8. The predicted molar refractivity (Wildman–Crippen MR) is 117 cm³/mol. The minimum absolute atomic E-state index is 0.184. The van der Waals surface area contributed by atoms with E-state index in [0.29, 0.717) is 18.3 Å². The van der Waals surface area contributed by atoms with Crippen molar-refractivity contribution < 1.29 is 26.5 Å². The second-order valence-corrected chi connectivity index (χ2v) is 10.7. The Hall–Kier alpha value is -2.27. The molecule has 1 atom stereocenters. The second-order valence-electron chi connectivity index (χ2n) is 8.54. The molecule has 2 heterocycles. The van der Waals surface area contributed by atoms with Crippen molar-refractivity contribution in [2.24, 2.45) is 0 Å². The third-order valence-electron chi connectivity index (χ3n) is 5.47. The summed E-state index contributed by atoms with van der Waals surface area (Å²) in [5, 5.41) is 4.01. The van der Waals surface area contributed by atoms with Gasteiger partial charge in [0.25, 0.3) is 0 Å². The van der Waals surface area contributed by atoms with E-state index in [-0.39, 0.29) is 29.9 Å². The summed E-state index contributed by atoms with van der Waals surface area (Å²) in [6.45, 7) is 9.44. The SMILES string of the molecule is CC(C)c1noc(N2CCN(C(C)CCOc3cc(F)c(CS(C)(=O)=O)cc3F)CC2)n1. The van der Waals surface area contributed by atoms with Gasteiger partial charge in [0.15, 0.2) is 27.2 Å². The van der Waals surface area contributed by atoms with E-state index in [2.05, 4.69) is 26.9 Å². The Balaban J connectivity index is 1.47. The molecule has 1 aromatic heterocycles. The molecule has 1 saturated heterocycles. The van der Waals surface area contributed by atoms with Crippen molar-refractivity contribution in [3.05, 3.63) is 35.2 Å². The van der Waals surface area contributed by atoms with E-state index in [1.165, 1.54) is 0 Å². The molecule has 1 fully saturated rings. The number of anilines is 1. The summed E-state index contributed by atoms with van der Waals surface area (Å²) in [6.07, 6.45) is 1.60. The normalized spacial score (nSPS) is 16.5. The Morgan fingerprint density at radius 2 is 1.81 bits per heavy atom. The molecule has 0 saturated carbocycles. The number of ether oxygens (including phenoxy) is 1. The Kier molecular flexibility index (Phi) is 7.71. The van der Waals surface area contributed by atoms with E-state index < -0.39 is 27.2 Å². The number of piperazine rings is 1. The molecule has 0 spiro atoms. The van der Waals surface area contributed by atoms with Crippen LogP contribution in [0.4, 0.5) is 14.8 Å². The van der Waals surface area contributed by atoms with Crippen LogP contribution in [0.1, 0.15) is 44.5 Å². The lowest BCUT2D eigenvalue weighted by Crippen LogP contribution is -2.50. The minimum atomic E-state index is -3.46. The molecule has 0 aliphatic carbocycles. The average molecular weight is 473 g/mol. The standard InChI is InChI=1S/C21H30F2N4O4S/c1-14(2)20-24-21(31-25-20)27-8-6-26(7-9-27)15(3)5-10-30-19-12-17(22)16(11-18(19)23)13-32(4,28)29/h11-12,14-15H,5-10,13H2,1-4H3. The maximum atomic E-state index is 14.2. The van der Waals surface area contributed by atoms with E-state index in [1.807, 2.05) is 13.8 Å². The van der Waals surface area contributed by atoms with Gasteiger partial charge in [0.2, 0.25) is 0 Å². The molecule has 1 aliphatic rings. The van der Waals surface area contributed by atoms with E-state index in [0.717, 1.165) is 44.6 Å². The van der Waals surface area contributed by atoms with Crippen LogP contribution in [-0.2, 0) is 15.6 Å². The van der Waals surface area contributed by atoms with Crippen LogP contribution in [0.5, 0.6) is 5.75 Å². The zero-order chi connectivity index (χ0) is 23.5. The summed E-state index contributed by atoms with van der Waals surface area (Å²) in [5.74, 6) is -1.43. The van der Waals surface area contributed by atoms with Crippen molar-refractivity contribution in [1.82, 2.24) is 15.0 Å². The van der Waals surface area contributed by atoms with Gasteiger partial charge in [-0.05, 0) is 19.4 Å². The van der Waals surface area contributed by atoms with Gasteiger partial charge in [-0.1, -0.05) is 19.0 Å². The van der Waals surface area contributed by atoms with Crippen LogP contribution in [0.25, 0.3) is 0 Å². The maximum Gasteiger partial charge on any atom is 0.324 e. The van der Waals surface area contributed by atoms with Gasteiger partial charge in [-0.2, -0.15) is 4.98 Å². The van der Waals surface area contributed by atoms with Crippen LogP contribution in [-0.4, -0.2) is 68.5 Å². The lowest BCUT2D eigenvalue weighted by Gasteiger charge is -2.37. The van der Waals surface area contributed by atoms with Crippen LogP contribution in [0.3, 0.4) is 0 Å². The number of sulfone groups is 1. The van der Waals surface area contributed by atoms with Crippen molar-refractivity contribution in [1.29, 1.82) is 0 Å². The van der Waals surface area contributed by atoms with Crippen molar-refractivity contribution in [3.63, 3.8) is 0 Å². The van der Waals surface area contributed by atoms with Gasteiger partial charge in [0, 0.05) is 56.0 Å². The Morgan fingerprint density at radius 3 is 2.41 bits per heavy atom. The Labute approximate surface area is 187 Å². The molecule has 1 unspecified atom stereocenters. The average Bonchev–Trinajstić information content (AvgIpc) is 3.21. The fourth-order valence-corrected chi connectivity index (χ4v) is 4.32. The molecular formula is C21H30F2N4O4S. The van der Waals surface area contributed by atoms with Gasteiger partial charge in [-0.25, -0.2) is 17.2 Å². The summed E-state index contributed by atoms with van der Waals surface area (Å²) in [7, 11) is -3.46. The van der Waals surface area contributed by atoms with Crippen LogP contribution in [0.15, 0.2) is 16.7 Å².